The number of aliphatic hydroxyl groups is 1. The molecule has 0 saturated carbocycles. The quantitative estimate of drug-likeness (QED) is 0.584. The van der Waals surface area contributed by atoms with Gasteiger partial charge in [-0.2, -0.15) is 5.43 Å². The standard InChI is InChI=1S/C24H25ClN4O3/c1-15-18(17-5-6-21-22(12-17)32-10-9-31-21)3-2-4-19(15)23-27-24-20(25)11-16(13-26-7-8-30)14-29(24)28-23/h2-6,11-12,14,23,26,28,30H,7-10,13H2,1H3. The van der Waals surface area contributed by atoms with E-state index in [1.807, 2.05) is 35.5 Å². The molecule has 3 aliphatic rings. The van der Waals surface area contributed by atoms with Crippen molar-refractivity contribution in [2.45, 2.75) is 13.1 Å². The van der Waals surface area contributed by atoms with Gasteiger partial charge >= 0.3 is 0 Å². The smallest absolute Gasteiger partial charge is 0.163 e. The first-order chi connectivity index (χ1) is 15.6. The van der Waals surface area contributed by atoms with Crippen molar-refractivity contribution in [1.29, 1.82) is 0 Å². The molecule has 2 aromatic rings. The van der Waals surface area contributed by atoms with E-state index in [2.05, 4.69) is 35.9 Å². The number of amidine groups is 1. The van der Waals surface area contributed by atoms with E-state index < -0.39 is 0 Å². The summed E-state index contributed by atoms with van der Waals surface area (Å²) in [6.07, 6.45) is 3.64. The lowest BCUT2D eigenvalue weighted by Crippen LogP contribution is -2.36. The number of halogens is 1. The minimum atomic E-state index is -0.245. The average molecular weight is 453 g/mol. The van der Waals surface area contributed by atoms with Gasteiger partial charge in [-0.1, -0.05) is 35.9 Å². The molecule has 0 aromatic heterocycles. The van der Waals surface area contributed by atoms with Gasteiger partial charge in [0.2, 0.25) is 0 Å². The topological polar surface area (TPSA) is 78.3 Å². The first-order valence-corrected chi connectivity index (χ1v) is 11.0. The first-order valence-electron chi connectivity index (χ1n) is 10.7. The van der Waals surface area contributed by atoms with E-state index in [9.17, 15) is 0 Å². The molecule has 0 aliphatic carbocycles. The molecule has 2 aromatic carbocycles. The predicted molar refractivity (Wildman–Crippen MR) is 125 cm³/mol. The Balaban J connectivity index is 1.41. The predicted octanol–water partition coefficient (Wildman–Crippen LogP) is 3.25. The second-order valence-corrected chi connectivity index (χ2v) is 8.24. The monoisotopic (exact) mass is 452 g/mol. The molecule has 166 valence electrons. The molecule has 3 N–H and O–H groups in total. The van der Waals surface area contributed by atoms with E-state index in [-0.39, 0.29) is 12.8 Å². The number of fused-ring (bicyclic) bond motifs is 2. The van der Waals surface area contributed by atoms with Crippen molar-refractivity contribution in [2.24, 2.45) is 4.99 Å². The zero-order valence-electron chi connectivity index (χ0n) is 17.8. The maximum absolute atomic E-state index is 8.97. The number of ether oxygens (including phenoxy) is 2. The van der Waals surface area contributed by atoms with Crippen LogP contribution >= 0.6 is 11.6 Å². The number of hydrogen-bond acceptors (Lipinski definition) is 7. The average Bonchev–Trinajstić information content (AvgIpc) is 3.24. The second-order valence-electron chi connectivity index (χ2n) is 7.83. The number of nitrogens with zero attached hydrogens (tertiary/aromatic N) is 2. The summed E-state index contributed by atoms with van der Waals surface area (Å²) in [6, 6.07) is 12.3. The molecule has 0 amide bonds. The van der Waals surface area contributed by atoms with Crippen molar-refractivity contribution in [3.63, 3.8) is 0 Å². The van der Waals surface area contributed by atoms with E-state index in [4.69, 9.17) is 31.2 Å². The van der Waals surface area contributed by atoms with Gasteiger partial charge in [-0.05, 0) is 53.0 Å². The highest BCUT2D eigenvalue weighted by Crippen LogP contribution is 2.38. The Morgan fingerprint density at radius 3 is 2.91 bits per heavy atom. The summed E-state index contributed by atoms with van der Waals surface area (Å²) in [5.74, 6) is 2.26. The lowest BCUT2D eigenvalue weighted by atomic mass is 9.95. The van der Waals surface area contributed by atoms with Crippen molar-refractivity contribution in [3.8, 4) is 22.6 Å². The van der Waals surface area contributed by atoms with Gasteiger partial charge < -0.3 is 19.9 Å². The molecule has 0 saturated heterocycles. The van der Waals surface area contributed by atoms with Crippen LogP contribution in [0.3, 0.4) is 0 Å². The largest absolute Gasteiger partial charge is 0.486 e. The number of hydrogen-bond donors (Lipinski definition) is 3. The van der Waals surface area contributed by atoms with Gasteiger partial charge in [0.15, 0.2) is 17.3 Å². The molecule has 5 rings (SSSR count). The molecule has 7 nitrogen and oxygen atoms in total. The van der Waals surface area contributed by atoms with E-state index >= 15 is 0 Å². The number of aliphatic hydroxyl groups excluding tert-OH is 1. The van der Waals surface area contributed by atoms with Gasteiger partial charge in [-0.3, -0.25) is 5.01 Å². The Morgan fingerprint density at radius 2 is 2.06 bits per heavy atom. The van der Waals surface area contributed by atoms with Crippen LogP contribution in [0.4, 0.5) is 0 Å². The number of aliphatic imine (C=N–C) groups is 1. The van der Waals surface area contributed by atoms with Crippen molar-refractivity contribution in [2.75, 3.05) is 32.9 Å². The minimum Gasteiger partial charge on any atom is -0.486 e. The fourth-order valence-electron chi connectivity index (χ4n) is 4.13. The highest BCUT2D eigenvalue weighted by Gasteiger charge is 2.30. The van der Waals surface area contributed by atoms with E-state index in [0.29, 0.717) is 37.2 Å². The molecule has 8 heteroatoms. The summed E-state index contributed by atoms with van der Waals surface area (Å²) >= 11 is 6.52. The van der Waals surface area contributed by atoms with Crippen LogP contribution in [0.15, 0.2) is 64.3 Å². The van der Waals surface area contributed by atoms with E-state index in [1.54, 1.807) is 0 Å². The van der Waals surface area contributed by atoms with Crippen LogP contribution in [-0.2, 0) is 0 Å². The molecule has 3 aliphatic heterocycles. The van der Waals surface area contributed by atoms with Crippen molar-refractivity contribution in [1.82, 2.24) is 15.8 Å². The Labute approximate surface area is 192 Å². The summed E-state index contributed by atoms with van der Waals surface area (Å²) in [6.45, 7) is 4.50. The first kappa shape index (κ1) is 21.0. The molecule has 32 heavy (non-hydrogen) atoms. The van der Waals surface area contributed by atoms with Gasteiger partial charge in [-0.25, -0.2) is 4.99 Å². The Bertz CT molecular complexity index is 1130. The van der Waals surface area contributed by atoms with Crippen LogP contribution in [0.25, 0.3) is 11.1 Å². The van der Waals surface area contributed by atoms with E-state index in [1.165, 1.54) is 0 Å². The maximum Gasteiger partial charge on any atom is 0.163 e. The van der Waals surface area contributed by atoms with Crippen molar-refractivity contribution in [3.05, 3.63) is 70.4 Å². The SMILES string of the molecule is Cc1c(-c2ccc3c(c2)OCCO3)cccc1C1N=C2C(Cl)=CC(CNCCO)=CN2N1. The third kappa shape index (κ3) is 4.00. The van der Waals surface area contributed by atoms with Crippen LogP contribution in [0, 0.1) is 6.92 Å². The number of benzene rings is 2. The lowest BCUT2D eigenvalue weighted by Gasteiger charge is -2.23. The maximum atomic E-state index is 8.97. The molecule has 0 fully saturated rings. The highest BCUT2D eigenvalue weighted by atomic mass is 35.5. The van der Waals surface area contributed by atoms with Gasteiger partial charge in [0.05, 0.1) is 11.6 Å². The molecule has 0 spiro atoms. The number of hydrazine groups is 1. The van der Waals surface area contributed by atoms with Gasteiger partial charge in [0.1, 0.15) is 19.4 Å². The third-order valence-electron chi connectivity index (χ3n) is 5.70. The fourth-order valence-corrected chi connectivity index (χ4v) is 4.41. The molecular formula is C24H25ClN4O3. The Hall–Kier alpha value is -2.84. The number of nitrogens with one attached hydrogen (secondary N) is 2. The van der Waals surface area contributed by atoms with Crippen LogP contribution in [0.2, 0.25) is 0 Å². The van der Waals surface area contributed by atoms with Crippen LogP contribution in [0.1, 0.15) is 17.3 Å². The molecular weight excluding hydrogens is 428 g/mol. The van der Waals surface area contributed by atoms with Gasteiger partial charge in [0.25, 0.3) is 0 Å². The van der Waals surface area contributed by atoms with Crippen molar-refractivity contribution < 1.29 is 14.6 Å². The van der Waals surface area contributed by atoms with Crippen LogP contribution in [-0.4, -0.2) is 48.9 Å². The third-order valence-corrected chi connectivity index (χ3v) is 5.98. The minimum absolute atomic E-state index is 0.0977. The highest BCUT2D eigenvalue weighted by molar-refractivity contribution is 6.43. The molecule has 0 radical (unpaired) electrons. The summed E-state index contributed by atoms with van der Waals surface area (Å²) < 4.78 is 11.4. The molecule has 1 unspecified atom stereocenters. The molecule has 3 heterocycles. The lowest BCUT2D eigenvalue weighted by molar-refractivity contribution is 0.171. The second kappa shape index (κ2) is 8.96. The Kier molecular flexibility index (Phi) is 5.89. The zero-order valence-corrected chi connectivity index (χ0v) is 18.5. The summed E-state index contributed by atoms with van der Waals surface area (Å²) in [5.41, 5.74) is 8.86. The summed E-state index contributed by atoms with van der Waals surface area (Å²) in [5, 5.41) is 14.6. The number of rotatable bonds is 6. The van der Waals surface area contributed by atoms with Gasteiger partial charge in [0, 0.05) is 19.3 Å². The van der Waals surface area contributed by atoms with Gasteiger partial charge in [-0.15, -0.1) is 0 Å². The van der Waals surface area contributed by atoms with Crippen LogP contribution in [0.5, 0.6) is 11.5 Å². The molecule has 0 bridgehead atoms. The fraction of sp³-hybridized carbons (Fsp3) is 0.292. The zero-order chi connectivity index (χ0) is 22.1. The summed E-state index contributed by atoms with van der Waals surface area (Å²) in [7, 11) is 0. The normalized spacial score (nSPS) is 19.3. The molecule has 1 atom stereocenters. The Morgan fingerprint density at radius 1 is 1.22 bits per heavy atom. The van der Waals surface area contributed by atoms with E-state index in [0.717, 1.165) is 39.3 Å². The van der Waals surface area contributed by atoms with Crippen LogP contribution < -0.4 is 20.2 Å². The van der Waals surface area contributed by atoms with Crippen molar-refractivity contribution >= 4 is 17.4 Å². The summed E-state index contributed by atoms with van der Waals surface area (Å²) in [4.78, 5) is 4.84.